The smallest absolute Gasteiger partial charge is 0.0643 e. The van der Waals surface area contributed by atoms with Gasteiger partial charge in [-0.1, -0.05) is 96.8 Å². The number of carbonyl (C=O) groups excluding carboxylic acids is 2. The molecule has 0 unspecified atom stereocenters. The fraction of sp³-hybridized carbons (Fsp3) is 0.833. The van der Waals surface area contributed by atoms with Crippen LogP contribution in [0, 0.1) is 0 Å². The Bertz CT molecular complexity index is 500. The Labute approximate surface area is 238 Å². The third-order valence-electron chi connectivity index (χ3n) is 5.76. The summed E-state index contributed by atoms with van der Waals surface area (Å²) in [6.45, 7) is 6.85. The van der Waals surface area contributed by atoms with Gasteiger partial charge in [0.05, 0.1) is 11.9 Å². The van der Waals surface area contributed by atoms with Crippen LogP contribution in [0.5, 0.6) is 0 Å². The molecule has 0 bridgehead atoms. The summed E-state index contributed by atoms with van der Waals surface area (Å²) in [5.74, 6) is -3.75. The summed E-state index contributed by atoms with van der Waals surface area (Å²) < 4.78 is 3.25. The SMILES string of the molecule is CCCCCCCCCCCCCCCCCC(=O)O.CCC[CH2][Sn+2][CH2]CCC.O=C([O-])C=CC(=O)[O-]. The maximum absolute atomic E-state index is 10.3. The quantitative estimate of drug-likeness (QED) is 0.0739. The van der Waals surface area contributed by atoms with Crippen LogP contribution in [0.4, 0.5) is 0 Å². The number of aliphatic carboxylic acids is 3. The fourth-order valence-corrected chi connectivity index (χ4v) is 7.67. The molecule has 0 aliphatic carbocycles. The van der Waals surface area contributed by atoms with E-state index in [-0.39, 0.29) is 21.1 Å². The van der Waals surface area contributed by atoms with Gasteiger partial charge in [0.25, 0.3) is 0 Å². The molecular weight excluding hydrogens is 575 g/mol. The normalized spacial score (nSPS) is 10.1. The third-order valence-corrected chi connectivity index (χ3v) is 9.80. The van der Waals surface area contributed by atoms with Gasteiger partial charge in [0, 0.05) is 6.42 Å². The van der Waals surface area contributed by atoms with Gasteiger partial charge in [-0.25, -0.2) is 0 Å². The largest absolute Gasteiger partial charge is 0.545 e. The second-order valence-electron chi connectivity index (χ2n) is 9.52. The minimum atomic E-state index is -1.55. The van der Waals surface area contributed by atoms with Crippen LogP contribution in [0.1, 0.15) is 149 Å². The van der Waals surface area contributed by atoms with Crippen molar-refractivity contribution in [3.05, 3.63) is 12.2 Å². The molecule has 0 saturated heterocycles. The fourth-order valence-electron chi connectivity index (χ4n) is 3.51. The third kappa shape index (κ3) is 52.2. The van der Waals surface area contributed by atoms with Crippen molar-refractivity contribution in [2.75, 3.05) is 0 Å². The van der Waals surface area contributed by atoms with Crippen LogP contribution < -0.4 is 10.2 Å². The molecule has 0 aromatic heterocycles. The van der Waals surface area contributed by atoms with Gasteiger partial charge in [-0.15, -0.1) is 0 Å². The van der Waals surface area contributed by atoms with Crippen molar-refractivity contribution in [3.8, 4) is 0 Å². The van der Waals surface area contributed by atoms with Crippen LogP contribution in [-0.2, 0) is 14.4 Å². The molecule has 1 N–H and O–H groups in total. The molecule has 6 nitrogen and oxygen atoms in total. The number of carboxylic acid groups (broad SMARTS) is 3. The average molecular weight is 631 g/mol. The first kappa shape index (κ1) is 40.4. The van der Waals surface area contributed by atoms with E-state index in [0.29, 0.717) is 18.6 Å². The van der Waals surface area contributed by atoms with Gasteiger partial charge in [-0.05, 0) is 18.6 Å². The first-order chi connectivity index (χ1) is 17.8. The first-order valence-electron chi connectivity index (χ1n) is 14.8. The second kappa shape index (κ2) is 37.1. The summed E-state index contributed by atoms with van der Waals surface area (Å²) in [6.07, 6.45) is 26.8. The molecule has 0 atom stereocenters. The molecule has 0 aliphatic rings. The summed E-state index contributed by atoms with van der Waals surface area (Å²) in [7, 11) is 0. The van der Waals surface area contributed by atoms with Crippen molar-refractivity contribution in [3.63, 3.8) is 0 Å². The second-order valence-corrected chi connectivity index (χ2v) is 13.8. The van der Waals surface area contributed by atoms with Crippen LogP contribution in [0.25, 0.3) is 0 Å². The molecule has 0 saturated carbocycles. The standard InChI is InChI=1S/C18H36O2.C4H4O4.2C4H9.Sn/c1-2-3-4-5-6-7-8-9-10-11-12-13-14-15-16-17-18(19)20;5-3(6)1-2-4(7)8;2*1-3-4-2;/h2-17H2,1H3,(H,19,20);1-2H,(H,5,6)(H,7,8);2*1,3-4H2,2H3;/q;;;;+2/p-2. The molecule has 37 heavy (non-hydrogen) atoms. The number of unbranched alkanes of at least 4 members (excludes halogenated alkanes) is 16. The van der Waals surface area contributed by atoms with Gasteiger partial charge in [-0.3, -0.25) is 4.79 Å². The summed E-state index contributed by atoms with van der Waals surface area (Å²) in [5, 5.41) is 27.3. The van der Waals surface area contributed by atoms with Crippen LogP contribution >= 0.6 is 0 Å². The van der Waals surface area contributed by atoms with Gasteiger partial charge in [-0.2, -0.15) is 0 Å². The molecule has 0 aromatic rings. The van der Waals surface area contributed by atoms with Crippen LogP contribution in [0.2, 0.25) is 8.87 Å². The molecule has 0 aliphatic heterocycles. The summed E-state index contributed by atoms with van der Waals surface area (Å²) in [5.41, 5.74) is 0. The summed E-state index contributed by atoms with van der Waals surface area (Å²) >= 11 is 0.149. The Kier molecular flexibility index (Phi) is 40.6. The molecule has 0 spiro atoms. The predicted octanol–water partition coefficient (Wildman–Crippen LogP) is 6.50. The number of hydrogen-bond acceptors (Lipinski definition) is 5. The van der Waals surface area contributed by atoms with Crippen molar-refractivity contribution in [1.29, 1.82) is 0 Å². The molecule has 0 rings (SSSR count). The van der Waals surface area contributed by atoms with Crippen molar-refractivity contribution < 1.29 is 29.7 Å². The average Bonchev–Trinajstić information content (AvgIpc) is 2.86. The van der Waals surface area contributed by atoms with Crippen LogP contribution in [0.15, 0.2) is 12.2 Å². The monoisotopic (exact) mass is 632 g/mol. The van der Waals surface area contributed by atoms with E-state index in [4.69, 9.17) is 5.11 Å². The van der Waals surface area contributed by atoms with E-state index < -0.39 is 17.9 Å². The van der Waals surface area contributed by atoms with E-state index in [0.717, 1.165) is 12.8 Å². The number of carboxylic acids is 3. The maximum atomic E-state index is 10.3. The predicted molar refractivity (Wildman–Crippen MR) is 152 cm³/mol. The van der Waals surface area contributed by atoms with E-state index in [1.165, 1.54) is 109 Å². The zero-order valence-electron chi connectivity index (χ0n) is 24.2. The zero-order valence-corrected chi connectivity index (χ0v) is 27.1. The molecule has 216 valence electrons. The summed E-state index contributed by atoms with van der Waals surface area (Å²) in [4.78, 5) is 29.2. The Hall–Kier alpha value is -1.05. The van der Waals surface area contributed by atoms with Crippen LogP contribution in [-0.4, -0.2) is 44.2 Å². The van der Waals surface area contributed by atoms with E-state index in [2.05, 4.69) is 20.8 Å². The Morgan fingerprint density at radius 2 is 0.838 bits per heavy atom. The first-order valence-corrected chi connectivity index (χ1v) is 18.9. The molecule has 0 aromatic carbocycles. The Balaban J connectivity index is -0.000000559. The van der Waals surface area contributed by atoms with E-state index >= 15 is 0 Å². The van der Waals surface area contributed by atoms with Crippen molar-refractivity contribution in [1.82, 2.24) is 0 Å². The van der Waals surface area contributed by atoms with Crippen molar-refractivity contribution >= 4 is 39.1 Å². The van der Waals surface area contributed by atoms with Crippen molar-refractivity contribution in [2.45, 2.75) is 158 Å². The zero-order chi connectivity index (χ0) is 28.4. The molecule has 0 radical (unpaired) electrons. The number of hydrogen-bond donors (Lipinski definition) is 1. The van der Waals surface area contributed by atoms with Crippen LogP contribution in [0.3, 0.4) is 0 Å². The minimum Gasteiger partial charge on any atom is -0.545 e. The van der Waals surface area contributed by atoms with Gasteiger partial charge >= 0.3 is 75.5 Å². The Morgan fingerprint density at radius 1 is 0.541 bits per heavy atom. The van der Waals surface area contributed by atoms with E-state index in [1.807, 2.05) is 0 Å². The Morgan fingerprint density at radius 3 is 1.11 bits per heavy atom. The van der Waals surface area contributed by atoms with Gasteiger partial charge < -0.3 is 24.9 Å². The molecular formula is C30H56O6Sn. The van der Waals surface area contributed by atoms with Gasteiger partial charge in [0.15, 0.2) is 0 Å². The molecule has 0 fully saturated rings. The molecule has 0 heterocycles. The number of carbonyl (C=O) groups is 3. The topological polar surface area (TPSA) is 118 Å². The molecule has 0 amide bonds. The van der Waals surface area contributed by atoms with Gasteiger partial charge in [0.1, 0.15) is 0 Å². The minimum absolute atomic E-state index is 0.149. The summed E-state index contributed by atoms with van der Waals surface area (Å²) in [6, 6.07) is 0. The maximum Gasteiger partial charge on any atom is 0.0643 e. The number of rotatable bonds is 24. The van der Waals surface area contributed by atoms with E-state index in [9.17, 15) is 24.6 Å². The van der Waals surface area contributed by atoms with Gasteiger partial charge in [0.2, 0.25) is 0 Å². The van der Waals surface area contributed by atoms with Crippen molar-refractivity contribution in [2.24, 2.45) is 0 Å². The molecule has 7 heteroatoms. The van der Waals surface area contributed by atoms with E-state index in [1.54, 1.807) is 8.87 Å².